The van der Waals surface area contributed by atoms with Gasteiger partial charge in [-0.05, 0) is 74.2 Å². The van der Waals surface area contributed by atoms with Gasteiger partial charge in [0.15, 0.2) is 37.9 Å². The summed E-state index contributed by atoms with van der Waals surface area (Å²) in [5, 5.41) is 0. The van der Waals surface area contributed by atoms with Gasteiger partial charge in [-0.25, -0.2) is 9.13 Å². The van der Waals surface area contributed by atoms with Crippen LogP contribution in [0.15, 0.2) is 122 Å². The Morgan fingerprint density at radius 3 is 1.00 bits per heavy atom. The molecule has 48 heavy (non-hydrogen) atoms. The molecule has 0 aliphatic carbocycles. The quantitative estimate of drug-likeness (QED) is 0.162. The first-order valence-electron chi connectivity index (χ1n) is 16.7. The smallest absolute Gasteiger partial charge is 0.174 e. The van der Waals surface area contributed by atoms with Crippen LogP contribution in [0.1, 0.15) is 61.1 Å². The van der Waals surface area contributed by atoms with Crippen LogP contribution >= 0.6 is 0 Å². The van der Waals surface area contributed by atoms with E-state index in [4.69, 9.17) is 0 Å². The third-order valence-corrected chi connectivity index (χ3v) is 8.64. The summed E-state index contributed by atoms with van der Waals surface area (Å²) in [6.45, 7) is 14.6. The maximum absolute atomic E-state index is 2.36. The molecule has 0 N–H and O–H groups in total. The molecule has 6 heteroatoms. The minimum absolute atomic E-state index is 0. The van der Waals surface area contributed by atoms with Crippen LogP contribution in [0, 0.1) is 0 Å². The van der Waals surface area contributed by atoms with Gasteiger partial charge in [0.2, 0.25) is 0 Å². The highest BCUT2D eigenvalue weighted by molar-refractivity contribution is 5.71. The number of pyridine rings is 2. The average Bonchev–Trinajstić information content (AvgIpc) is 3.11. The lowest BCUT2D eigenvalue weighted by Crippen LogP contribution is -3.00. The summed E-state index contributed by atoms with van der Waals surface area (Å²) in [6.07, 6.45) is 17.4. The molecule has 5 aromatic rings. The van der Waals surface area contributed by atoms with Crippen LogP contribution in [0.25, 0.3) is 24.3 Å². The Kier molecular flexibility index (Phi) is 15.8. The molecule has 0 bridgehead atoms. The van der Waals surface area contributed by atoms with Gasteiger partial charge in [0.25, 0.3) is 0 Å². The van der Waals surface area contributed by atoms with E-state index in [1.54, 1.807) is 0 Å². The van der Waals surface area contributed by atoms with Gasteiger partial charge in [-0.15, -0.1) is 0 Å². The Hall–Kier alpha value is -4.00. The first-order valence-corrected chi connectivity index (χ1v) is 16.7. The van der Waals surface area contributed by atoms with Gasteiger partial charge >= 0.3 is 0 Å². The highest BCUT2D eigenvalue weighted by atomic mass is 79.9. The van der Waals surface area contributed by atoms with Crippen molar-refractivity contribution in [3.05, 3.63) is 155 Å². The summed E-state index contributed by atoms with van der Waals surface area (Å²) < 4.78 is 4.50. The number of halogens is 2. The van der Waals surface area contributed by atoms with E-state index in [1.165, 1.54) is 44.8 Å². The number of nitrogens with zero attached hydrogens (tertiary/aromatic N) is 4. The van der Waals surface area contributed by atoms with E-state index in [1.807, 2.05) is 0 Å². The SMILES string of the molecule is CCN(CC)c1ccc(/C=C/c2cc[n+](Cc3ccccc3C[n+]3ccc(/C=C/c4ccc(N(CC)CC)cc4)cc3)cc2)cc1.[Br-].[Br-]. The van der Waals surface area contributed by atoms with Crippen molar-refractivity contribution >= 4 is 35.7 Å². The maximum atomic E-state index is 2.36. The fourth-order valence-electron chi connectivity index (χ4n) is 5.79. The number of anilines is 2. The summed E-state index contributed by atoms with van der Waals surface area (Å²) in [6, 6.07) is 35.1. The highest BCUT2D eigenvalue weighted by Gasteiger charge is 2.12. The number of benzene rings is 3. The third-order valence-electron chi connectivity index (χ3n) is 8.64. The molecular formula is C42H48Br2N4. The molecule has 0 unspecified atom stereocenters. The summed E-state index contributed by atoms with van der Waals surface area (Å²) in [5.41, 5.74) is 10.0. The van der Waals surface area contributed by atoms with Crippen LogP contribution in [0.3, 0.4) is 0 Å². The lowest BCUT2D eigenvalue weighted by molar-refractivity contribution is -0.693. The first kappa shape index (κ1) is 38.4. The van der Waals surface area contributed by atoms with E-state index in [2.05, 4.69) is 193 Å². The molecule has 0 fully saturated rings. The van der Waals surface area contributed by atoms with Crippen LogP contribution in [0.5, 0.6) is 0 Å². The molecule has 3 aromatic carbocycles. The van der Waals surface area contributed by atoms with Gasteiger partial charge in [-0.2, -0.15) is 0 Å². The van der Waals surface area contributed by atoms with E-state index >= 15 is 0 Å². The molecule has 0 atom stereocenters. The lowest BCUT2D eigenvalue weighted by atomic mass is 10.1. The van der Waals surface area contributed by atoms with Crippen LogP contribution in [0.2, 0.25) is 0 Å². The van der Waals surface area contributed by atoms with Gasteiger partial charge in [0.1, 0.15) is 0 Å². The molecule has 2 aromatic heterocycles. The van der Waals surface area contributed by atoms with E-state index in [-0.39, 0.29) is 34.0 Å². The molecule has 0 spiro atoms. The highest BCUT2D eigenvalue weighted by Crippen LogP contribution is 2.18. The van der Waals surface area contributed by atoms with Crippen LogP contribution < -0.4 is 52.9 Å². The summed E-state index contributed by atoms with van der Waals surface area (Å²) in [5.74, 6) is 0. The molecule has 0 saturated heterocycles. The molecule has 0 saturated carbocycles. The molecule has 5 rings (SSSR count). The van der Waals surface area contributed by atoms with Crippen LogP contribution in [-0.4, -0.2) is 26.2 Å². The molecule has 0 aliphatic rings. The number of rotatable bonds is 14. The van der Waals surface area contributed by atoms with E-state index in [0.717, 1.165) is 39.3 Å². The minimum Gasteiger partial charge on any atom is -1.00 e. The molecule has 250 valence electrons. The Morgan fingerprint density at radius 1 is 0.417 bits per heavy atom. The average molecular weight is 769 g/mol. The van der Waals surface area contributed by atoms with E-state index in [9.17, 15) is 0 Å². The maximum Gasteiger partial charge on any atom is 0.174 e. The zero-order valence-corrected chi connectivity index (χ0v) is 31.8. The summed E-state index contributed by atoms with van der Waals surface area (Å²) in [4.78, 5) is 4.73. The predicted octanol–water partition coefficient (Wildman–Crippen LogP) is 2.40. The van der Waals surface area contributed by atoms with Crippen molar-refractivity contribution in [1.82, 2.24) is 0 Å². The standard InChI is InChI=1S/C42H48N4.2BrH/c1-5-45(6-2)41-21-17-35(18-22-41)13-15-37-25-29-43(30-26-37)33-39-11-9-10-12-40(39)34-44-31-27-38(28-32-44)16-14-36-19-23-42(24-20-36)46(7-3)8-4;;/h9-32H,5-8,33-34H2,1-4H3;2*1H/q+2;;/p-2. The molecule has 0 aliphatic heterocycles. The van der Waals surface area contributed by atoms with Gasteiger partial charge < -0.3 is 43.8 Å². The molecule has 0 radical (unpaired) electrons. The van der Waals surface area contributed by atoms with E-state index < -0.39 is 0 Å². The molecule has 2 heterocycles. The predicted molar refractivity (Wildman–Crippen MR) is 196 cm³/mol. The monoisotopic (exact) mass is 766 g/mol. The third kappa shape index (κ3) is 10.8. The number of hydrogen-bond donors (Lipinski definition) is 0. The Morgan fingerprint density at radius 2 is 0.708 bits per heavy atom. The summed E-state index contributed by atoms with van der Waals surface area (Å²) in [7, 11) is 0. The number of hydrogen-bond acceptors (Lipinski definition) is 2. The van der Waals surface area contributed by atoms with Crippen molar-refractivity contribution in [2.24, 2.45) is 0 Å². The fraction of sp³-hybridized carbons (Fsp3) is 0.238. The molecular weight excluding hydrogens is 720 g/mol. The Labute approximate surface area is 309 Å². The van der Waals surface area contributed by atoms with Crippen molar-refractivity contribution in [1.29, 1.82) is 0 Å². The van der Waals surface area contributed by atoms with Crippen molar-refractivity contribution in [3.8, 4) is 0 Å². The van der Waals surface area contributed by atoms with Crippen LogP contribution in [0.4, 0.5) is 11.4 Å². The normalized spacial score (nSPS) is 10.9. The Balaban J connectivity index is 0.00000312. The minimum atomic E-state index is 0. The van der Waals surface area contributed by atoms with Crippen molar-refractivity contribution in [2.45, 2.75) is 40.8 Å². The second-order valence-electron chi connectivity index (χ2n) is 11.6. The summed E-state index contributed by atoms with van der Waals surface area (Å²) >= 11 is 0. The first-order chi connectivity index (χ1) is 22.6. The topological polar surface area (TPSA) is 14.2 Å². The molecule has 4 nitrogen and oxygen atoms in total. The lowest BCUT2D eigenvalue weighted by Gasteiger charge is -2.20. The second kappa shape index (κ2) is 19.7. The van der Waals surface area contributed by atoms with Gasteiger partial charge in [-0.3, -0.25) is 0 Å². The van der Waals surface area contributed by atoms with Crippen molar-refractivity contribution in [3.63, 3.8) is 0 Å². The van der Waals surface area contributed by atoms with Gasteiger partial charge in [-0.1, -0.05) is 72.8 Å². The van der Waals surface area contributed by atoms with Crippen LogP contribution in [-0.2, 0) is 13.1 Å². The largest absolute Gasteiger partial charge is 1.00 e. The van der Waals surface area contributed by atoms with E-state index in [0.29, 0.717) is 0 Å². The van der Waals surface area contributed by atoms with Gasteiger partial charge in [0.05, 0.1) is 0 Å². The van der Waals surface area contributed by atoms with Crippen molar-refractivity contribution < 1.29 is 43.1 Å². The number of aromatic nitrogens is 2. The van der Waals surface area contributed by atoms with Gasteiger partial charge in [0, 0.05) is 72.9 Å². The molecule has 0 amide bonds. The van der Waals surface area contributed by atoms with Crippen molar-refractivity contribution in [2.75, 3.05) is 36.0 Å². The zero-order valence-electron chi connectivity index (χ0n) is 28.6. The zero-order chi connectivity index (χ0) is 32.1. The Bertz CT molecular complexity index is 1570. The fourth-order valence-corrected chi connectivity index (χ4v) is 5.79. The second-order valence-corrected chi connectivity index (χ2v) is 11.6.